The van der Waals surface area contributed by atoms with Crippen LogP contribution in [0.25, 0.3) is 78.0 Å². The van der Waals surface area contributed by atoms with E-state index in [2.05, 4.69) is 184 Å². The van der Waals surface area contributed by atoms with Crippen LogP contribution < -0.4 is 0 Å². The van der Waals surface area contributed by atoms with Gasteiger partial charge in [-0.15, -0.1) is 35.7 Å². The zero-order chi connectivity index (χ0) is 39.3. The van der Waals surface area contributed by atoms with E-state index in [4.69, 9.17) is 15.1 Å². The second kappa shape index (κ2) is 14.0. The Labute approximate surface area is 353 Å². The van der Waals surface area contributed by atoms with Crippen LogP contribution in [0.2, 0.25) is 0 Å². The summed E-state index contributed by atoms with van der Waals surface area (Å²) in [5.74, 6) is 2.41. The van der Waals surface area contributed by atoms with Gasteiger partial charge in [0.05, 0.1) is 17.2 Å². The summed E-state index contributed by atoms with van der Waals surface area (Å²) in [6, 6.07) is 42.3. The Hall–Kier alpha value is -5.78. The topological polar surface area (TPSA) is 57.9 Å². The van der Waals surface area contributed by atoms with Gasteiger partial charge in [-0.3, -0.25) is 9.25 Å². The van der Waals surface area contributed by atoms with Gasteiger partial charge in [-0.05, 0) is 98.4 Å². The zero-order valence-electron chi connectivity index (χ0n) is 34.1. The second-order valence-corrected chi connectivity index (χ2v) is 17.0. The fraction of sp³-hybridized carbons (Fsp3) is 0.220. The summed E-state index contributed by atoms with van der Waals surface area (Å²) in [5, 5.41) is 7.17. The third kappa shape index (κ3) is 5.85. The van der Waals surface area contributed by atoms with Gasteiger partial charge in [0.25, 0.3) is 0 Å². The first-order valence-electron chi connectivity index (χ1n) is 19.9. The van der Waals surface area contributed by atoms with Crippen LogP contribution in [0.4, 0.5) is 0 Å². The molecule has 290 valence electrons. The van der Waals surface area contributed by atoms with Gasteiger partial charge in [0.1, 0.15) is 5.82 Å². The summed E-state index contributed by atoms with van der Waals surface area (Å²) in [7, 11) is 0. The standard InChI is InChI=1S/C50H45N7.Pt/c1-30(2)37-18-13-19-38(31(3)4)47(37)33-28-52-54(29-33)35-15-12-16-36(25-35)55-41-20-10-9-17-39(41)40-26-44-45(27-43(40)55)57(46-24-34(22-23-51-46)50(6,7)8)49-53-48-32(5)14-11-21-42(48)56(44)49;/h9-24,26,28-31H,1-8H3;/q-2;+2. The first kappa shape index (κ1) is 37.8. The van der Waals surface area contributed by atoms with Crippen molar-refractivity contribution in [1.29, 1.82) is 0 Å². The fourth-order valence-corrected chi connectivity index (χ4v) is 8.62. The molecule has 0 spiro atoms. The smallest absolute Gasteiger partial charge is 0.358 e. The van der Waals surface area contributed by atoms with Gasteiger partial charge in [0.2, 0.25) is 5.78 Å². The number of benzene rings is 5. The average Bonchev–Trinajstić information content (AvgIpc) is 3.98. The van der Waals surface area contributed by atoms with Crippen molar-refractivity contribution in [3.05, 3.63) is 150 Å². The molecule has 0 saturated carbocycles. The van der Waals surface area contributed by atoms with E-state index in [0.29, 0.717) is 11.8 Å². The van der Waals surface area contributed by atoms with Crippen LogP contribution in [-0.4, -0.2) is 33.3 Å². The minimum Gasteiger partial charge on any atom is -0.358 e. The van der Waals surface area contributed by atoms with Crippen LogP contribution in [0.3, 0.4) is 0 Å². The van der Waals surface area contributed by atoms with Crippen LogP contribution in [-0.2, 0) is 26.5 Å². The van der Waals surface area contributed by atoms with E-state index in [-0.39, 0.29) is 26.5 Å². The number of rotatable bonds is 6. The molecule has 0 unspecified atom stereocenters. The molecule has 8 heteroatoms. The van der Waals surface area contributed by atoms with Crippen LogP contribution in [0.5, 0.6) is 0 Å². The molecule has 7 nitrogen and oxygen atoms in total. The number of para-hydroxylation sites is 2. The van der Waals surface area contributed by atoms with Gasteiger partial charge in [0.15, 0.2) is 0 Å². The minimum atomic E-state index is -0.0538. The van der Waals surface area contributed by atoms with Crippen molar-refractivity contribution in [2.24, 2.45) is 0 Å². The van der Waals surface area contributed by atoms with Crippen molar-refractivity contribution < 1.29 is 21.1 Å². The van der Waals surface area contributed by atoms with Gasteiger partial charge < -0.3 is 8.97 Å². The fourth-order valence-electron chi connectivity index (χ4n) is 8.62. The van der Waals surface area contributed by atoms with E-state index >= 15 is 0 Å². The second-order valence-electron chi connectivity index (χ2n) is 17.0. The van der Waals surface area contributed by atoms with E-state index in [0.717, 1.165) is 78.0 Å². The normalized spacial score (nSPS) is 12.3. The monoisotopic (exact) mass is 938 g/mol. The number of nitrogens with zero attached hydrogens (tertiary/aromatic N) is 7. The molecule has 5 aromatic heterocycles. The maximum atomic E-state index is 5.28. The summed E-state index contributed by atoms with van der Waals surface area (Å²) < 4.78 is 8.69. The maximum absolute atomic E-state index is 5.28. The number of hydrogen-bond acceptors (Lipinski definition) is 3. The molecule has 5 aromatic carbocycles. The molecule has 0 aliphatic carbocycles. The Bertz CT molecular complexity index is 3170. The van der Waals surface area contributed by atoms with Crippen molar-refractivity contribution >= 4 is 49.7 Å². The Morgan fingerprint density at radius 1 is 0.672 bits per heavy atom. The molecular formula is C50H45N7Pt. The Balaban J connectivity index is 0.00000436. The van der Waals surface area contributed by atoms with Gasteiger partial charge in [-0.2, -0.15) is 11.2 Å². The Morgan fingerprint density at radius 3 is 2.14 bits per heavy atom. The number of aromatic nitrogens is 7. The Morgan fingerprint density at radius 2 is 1.38 bits per heavy atom. The van der Waals surface area contributed by atoms with Gasteiger partial charge in [-0.25, -0.2) is 9.97 Å². The molecule has 0 amide bonds. The largest absolute Gasteiger partial charge is 2.00 e. The molecule has 0 fully saturated rings. The molecule has 0 bridgehead atoms. The number of hydrogen-bond donors (Lipinski definition) is 0. The van der Waals surface area contributed by atoms with Crippen LogP contribution in [0, 0.1) is 19.1 Å². The average molecular weight is 939 g/mol. The summed E-state index contributed by atoms with van der Waals surface area (Å²) in [6.45, 7) is 17.9. The number of pyridine rings is 1. The van der Waals surface area contributed by atoms with E-state index in [9.17, 15) is 0 Å². The predicted octanol–water partition coefficient (Wildman–Crippen LogP) is 12.2. The third-order valence-corrected chi connectivity index (χ3v) is 11.5. The molecule has 0 N–H and O–H groups in total. The van der Waals surface area contributed by atoms with Crippen LogP contribution in [0.15, 0.2) is 116 Å². The molecular weight excluding hydrogens is 894 g/mol. The van der Waals surface area contributed by atoms with Gasteiger partial charge in [-0.1, -0.05) is 108 Å². The quantitative estimate of drug-likeness (QED) is 0.156. The molecule has 0 radical (unpaired) electrons. The molecule has 5 heterocycles. The summed E-state index contributed by atoms with van der Waals surface area (Å²) in [4.78, 5) is 10.2. The SMILES string of the molecule is Cc1cccc2c1nc1n(-c3cc(C(C)(C)C)ccn3)c3[c-]c4c(cc3n21)c1ccccc1n4-c1[c-]c(-n2cc(-c3c(C(C)C)cccc3C(C)C)cn2)ccc1.[Pt+2]. The van der Waals surface area contributed by atoms with E-state index < -0.39 is 0 Å². The Kier molecular flexibility index (Phi) is 9.09. The minimum absolute atomic E-state index is 0. The van der Waals surface area contributed by atoms with Crippen molar-refractivity contribution in [3.63, 3.8) is 0 Å². The van der Waals surface area contributed by atoms with E-state index in [1.165, 1.54) is 22.3 Å². The molecule has 10 rings (SSSR count). The summed E-state index contributed by atoms with van der Waals surface area (Å²) in [6.07, 6.45) is 6.06. The van der Waals surface area contributed by atoms with Crippen molar-refractivity contribution in [2.45, 2.75) is 72.6 Å². The van der Waals surface area contributed by atoms with Crippen LogP contribution >= 0.6 is 0 Å². The van der Waals surface area contributed by atoms with E-state index in [1.807, 2.05) is 17.1 Å². The summed E-state index contributed by atoms with van der Waals surface area (Å²) in [5.41, 5.74) is 15.2. The number of fused-ring (bicyclic) bond motifs is 8. The predicted molar refractivity (Wildman–Crippen MR) is 234 cm³/mol. The van der Waals surface area contributed by atoms with Crippen molar-refractivity contribution in [2.75, 3.05) is 0 Å². The van der Waals surface area contributed by atoms with Crippen LogP contribution in [0.1, 0.15) is 82.6 Å². The first-order valence-corrected chi connectivity index (χ1v) is 19.9. The van der Waals surface area contributed by atoms with E-state index in [1.54, 1.807) is 0 Å². The molecule has 10 aromatic rings. The zero-order valence-corrected chi connectivity index (χ0v) is 36.3. The number of imidazole rings is 2. The number of aryl methyl sites for hydroxylation is 1. The third-order valence-electron chi connectivity index (χ3n) is 11.5. The molecule has 0 aliphatic rings. The van der Waals surface area contributed by atoms with Gasteiger partial charge in [0, 0.05) is 23.5 Å². The van der Waals surface area contributed by atoms with Crippen molar-refractivity contribution in [1.82, 2.24) is 33.3 Å². The molecule has 0 saturated heterocycles. The molecule has 0 aliphatic heterocycles. The summed E-state index contributed by atoms with van der Waals surface area (Å²) >= 11 is 0. The maximum Gasteiger partial charge on any atom is 2.00 e. The first-order chi connectivity index (χ1) is 27.5. The molecule has 0 atom stereocenters. The van der Waals surface area contributed by atoms with Crippen molar-refractivity contribution in [3.8, 4) is 28.3 Å². The van der Waals surface area contributed by atoms with Gasteiger partial charge >= 0.3 is 21.1 Å². The molecule has 58 heavy (non-hydrogen) atoms.